The van der Waals surface area contributed by atoms with E-state index in [4.69, 9.17) is 38.1 Å². The Labute approximate surface area is 181 Å². The number of ether oxygens (including phenoxy) is 1. The minimum absolute atomic E-state index is 0.575. The van der Waals surface area contributed by atoms with E-state index in [1.807, 2.05) is 12.1 Å². The van der Waals surface area contributed by atoms with Crippen LogP contribution in [-0.2, 0) is 11.3 Å². The maximum atomic E-state index is 6.48. The van der Waals surface area contributed by atoms with Crippen LogP contribution in [0, 0.1) is 6.92 Å². The summed E-state index contributed by atoms with van der Waals surface area (Å²) >= 11 is 12.6. The van der Waals surface area contributed by atoms with E-state index in [2.05, 4.69) is 36.1 Å². The lowest BCUT2D eigenvalue weighted by Gasteiger charge is -2.26. The summed E-state index contributed by atoms with van der Waals surface area (Å²) in [6.07, 6.45) is 0.982. The van der Waals surface area contributed by atoms with Crippen molar-refractivity contribution in [1.82, 2.24) is 19.9 Å². The first kappa shape index (κ1) is 20.4. The van der Waals surface area contributed by atoms with Crippen molar-refractivity contribution in [3.05, 3.63) is 58.1 Å². The van der Waals surface area contributed by atoms with E-state index in [9.17, 15) is 0 Å². The molecule has 0 atom stereocenters. The number of halogens is 2. The second-order valence-corrected chi connectivity index (χ2v) is 8.13. The second-order valence-electron chi connectivity index (χ2n) is 7.29. The molecule has 2 heterocycles. The van der Waals surface area contributed by atoms with E-state index in [0.29, 0.717) is 10.0 Å². The van der Waals surface area contributed by atoms with Crippen molar-refractivity contribution < 1.29 is 4.74 Å². The Morgan fingerprint density at radius 2 is 1.66 bits per heavy atom. The summed E-state index contributed by atoms with van der Waals surface area (Å²) in [5.41, 5.74) is 4.68. The van der Waals surface area contributed by atoms with Gasteiger partial charge in [0.15, 0.2) is 0 Å². The molecule has 152 valence electrons. The zero-order valence-electron chi connectivity index (χ0n) is 16.4. The van der Waals surface area contributed by atoms with Crippen LogP contribution in [0.25, 0.3) is 22.5 Å². The molecule has 1 fully saturated rings. The molecular weight excluding hydrogens is 407 g/mol. The Hall–Kier alpha value is -1.92. The molecule has 0 saturated carbocycles. The zero-order chi connectivity index (χ0) is 20.2. The molecular formula is C22H24Cl2N4O. The summed E-state index contributed by atoms with van der Waals surface area (Å²) in [4.78, 5) is 4.21. The average molecular weight is 431 g/mol. The van der Waals surface area contributed by atoms with Crippen molar-refractivity contribution in [2.45, 2.75) is 19.9 Å². The highest BCUT2D eigenvalue weighted by atomic mass is 35.5. The number of aryl methyl sites for hydroxylation is 2. The molecule has 0 bridgehead atoms. The van der Waals surface area contributed by atoms with Crippen LogP contribution in [0.4, 0.5) is 0 Å². The lowest BCUT2D eigenvalue weighted by molar-refractivity contribution is 0.0367. The Bertz CT molecular complexity index is 965. The minimum atomic E-state index is 0.575. The van der Waals surface area contributed by atoms with Gasteiger partial charge in [0.1, 0.15) is 11.4 Å². The molecule has 3 aromatic rings. The summed E-state index contributed by atoms with van der Waals surface area (Å²) in [5.74, 6) is 0. The predicted octanol–water partition coefficient (Wildman–Crippen LogP) is 4.95. The highest BCUT2D eigenvalue weighted by molar-refractivity contribution is 6.36. The smallest absolute Gasteiger partial charge is 0.122 e. The van der Waals surface area contributed by atoms with Gasteiger partial charge in [-0.2, -0.15) is 15.0 Å². The third kappa shape index (κ3) is 4.98. The van der Waals surface area contributed by atoms with E-state index in [1.165, 1.54) is 5.56 Å². The number of aromatic nitrogens is 3. The van der Waals surface area contributed by atoms with Crippen LogP contribution in [0.2, 0.25) is 10.0 Å². The molecule has 5 nitrogen and oxygen atoms in total. The van der Waals surface area contributed by atoms with E-state index in [-0.39, 0.29) is 0 Å². The lowest BCUT2D eigenvalue weighted by atomic mass is 10.0. The van der Waals surface area contributed by atoms with E-state index in [1.54, 1.807) is 10.9 Å². The van der Waals surface area contributed by atoms with Gasteiger partial charge in [-0.05, 0) is 31.5 Å². The quantitative estimate of drug-likeness (QED) is 0.554. The van der Waals surface area contributed by atoms with Crippen LogP contribution in [-0.4, -0.2) is 52.7 Å². The number of hydrogen-bond acceptors (Lipinski definition) is 4. The van der Waals surface area contributed by atoms with Crippen LogP contribution < -0.4 is 0 Å². The van der Waals surface area contributed by atoms with Crippen LogP contribution in [0.1, 0.15) is 12.0 Å². The summed E-state index contributed by atoms with van der Waals surface area (Å²) in [6.45, 7) is 7.46. The van der Waals surface area contributed by atoms with Crippen molar-refractivity contribution in [2.24, 2.45) is 0 Å². The summed E-state index contributed by atoms with van der Waals surface area (Å²) in [6, 6.07) is 13.8. The Balaban J connectivity index is 1.60. The SMILES string of the molecule is Cc1ccc(-c2nn(CCCN3CCOCC3)nc2-c2ccc(Cl)cc2Cl)cc1. The number of benzene rings is 2. The summed E-state index contributed by atoms with van der Waals surface area (Å²) in [7, 11) is 0. The van der Waals surface area contributed by atoms with Gasteiger partial charge in [0.05, 0.1) is 24.8 Å². The molecule has 0 N–H and O–H groups in total. The van der Waals surface area contributed by atoms with Crippen molar-refractivity contribution >= 4 is 23.2 Å². The number of morpholine rings is 1. The van der Waals surface area contributed by atoms with Crippen molar-refractivity contribution in [1.29, 1.82) is 0 Å². The zero-order valence-corrected chi connectivity index (χ0v) is 18.0. The molecule has 0 amide bonds. The maximum absolute atomic E-state index is 6.48. The fourth-order valence-corrected chi connectivity index (χ4v) is 3.98. The number of nitrogens with zero attached hydrogens (tertiary/aromatic N) is 4. The molecule has 4 rings (SSSR count). The molecule has 0 radical (unpaired) electrons. The van der Waals surface area contributed by atoms with Gasteiger partial charge in [0.25, 0.3) is 0 Å². The first-order valence-electron chi connectivity index (χ1n) is 9.88. The summed E-state index contributed by atoms with van der Waals surface area (Å²) < 4.78 is 5.42. The molecule has 0 spiro atoms. The molecule has 7 heteroatoms. The Morgan fingerprint density at radius 3 is 2.38 bits per heavy atom. The molecule has 1 aliphatic heterocycles. The topological polar surface area (TPSA) is 43.2 Å². The molecule has 1 aliphatic rings. The van der Waals surface area contributed by atoms with E-state index < -0.39 is 0 Å². The molecule has 0 aliphatic carbocycles. The first-order chi connectivity index (χ1) is 14.1. The highest BCUT2D eigenvalue weighted by Crippen LogP contribution is 2.35. The lowest BCUT2D eigenvalue weighted by Crippen LogP contribution is -2.37. The van der Waals surface area contributed by atoms with Crippen LogP contribution in [0.15, 0.2) is 42.5 Å². The highest BCUT2D eigenvalue weighted by Gasteiger charge is 2.18. The van der Waals surface area contributed by atoms with E-state index in [0.717, 1.165) is 68.3 Å². The van der Waals surface area contributed by atoms with Crippen molar-refractivity contribution in [3.63, 3.8) is 0 Å². The van der Waals surface area contributed by atoms with Gasteiger partial charge in [0.2, 0.25) is 0 Å². The van der Waals surface area contributed by atoms with Gasteiger partial charge in [0, 0.05) is 35.8 Å². The van der Waals surface area contributed by atoms with Crippen LogP contribution in [0.5, 0.6) is 0 Å². The monoisotopic (exact) mass is 430 g/mol. The largest absolute Gasteiger partial charge is 0.379 e. The van der Waals surface area contributed by atoms with Crippen LogP contribution >= 0.6 is 23.2 Å². The third-order valence-electron chi connectivity index (χ3n) is 5.10. The fraction of sp³-hybridized carbons (Fsp3) is 0.364. The molecule has 1 saturated heterocycles. The molecule has 0 unspecified atom stereocenters. The Kier molecular flexibility index (Phi) is 6.50. The standard InChI is InChI=1S/C22H24Cl2N4O/c1-16-3-5-17(6-4-16)21-22(19-8-7-18(23)15-20(19)24)26-28(25-21)10-2-9-27-11-13-29-14-12-27/h3-8,15H,2,9-14H2,1H3. The van der Waals surface area contributed by atoms with Gasteiger partial charge in [-0.1, -0.05) is 53.0 Å². The van der Waals surface area contributed by atoms with Crippen molar-refractivity contribution in [2.75, 3.05) is 32.8 Å². The van der Waals surface area contributed by atoms with Crippen molar-refractivity contribution in [3.8, 4) is 22.5 Å². The third-order valence-corrected chi connectivity index (χ3v) is 5.65. The van der Waals surface area contributed by atoms with Gasteiger partial charge in [-0.3, -0.25) is 4.90 Å². The maximum Gasteiger partial charge on any atom is 0.122 e. The van der Waals surface area contributed by atoms with Gasteiger partial charge < -0.3 is 4.74 Å². The van der Waals surface area contributed by atoms with Gasteiger partial charge in [-0.25, -0.2) is 0 Å². The predicted molar refractivity (Wildman–Crippen MR) is 118 cm³/mol. The Morgan fingerprint density at radius 1 is 0.931 bits per heavy atom. The average Bonchev–Trinajstić information content (AvgIpc) is 3.13. The first-order valence-corrected chi connectivity index (χ1v) is 10.6. The second kappa shape index (κ2) is 9.26. The normalized spacial score (nSPS) is 15.0. The minimum Gasteiger partial charge on any atom is -0.379 e. The number of rotatable bonds is 6. The molecule has 1 aromatic heterocycles. The fourth-order valence-electron chi connectivity index (χ4n) is 3.48. The van der Waals surface area contributed by atoms with Crippen LogP contribution in [0.3, 0.4) is 0 Å². The molecule has 29 heavy (non-hydrogen) atoms. The van der Waals surface area contributed by atoms with Gasteiger partial charge in [-0.15, -0.1) is 0 Å². The van der Waals surface area contributed by atoms with E-state index >= 15 is 0 Å². The number of hydrogen-bond donors (Lipinski definition) is 0. The molecule has 2 aromatic carbocycles. The van der Waals surface area contributed by atoms with Gasteiger partial charge >= 0.3 is 0 Å². The summed E-state index contributed by atoms with van der Waals surface area (Å²) in [5, 5.41) is 10.8.